The van der Waals surface area contributed by atoms with Crippen LogP contribution in [0.15, 0.2) is 30.3 Å². The SMILES string of the molecule is CC(C)(C)C(=O)[C@H](c1ccccc1)N1C2CCC1CC2. The number of Topliss-reactive ketones (excluding diaryl/α,β-unsaturated/α-hetero) is 1. The summed E-state index contributed by atoms with van der Waals surface area (Å²) in [6.45, 7) is 6.13. The molecule has 2 nitrogen and oxygen atoms in total. The van der Waals surface area contributed by atoms with Crippen LogP contribution < -0.4 is 0 Å². The van der Waals surface area contributed by atoms with Gasteiger partial charge in [0.05, 0.1) is 6.04 Å². The van der Waals surface area contributed by atoms with Gasteiger partial charge in [-0.2, -0.15) is 0 Å². The zero-order chi connectivity index (χ0) is 14.3. The summed E-state index contributed by atoms with van der Waals surface area (Å²) in [5, 5.41) is 0. The summed E-state index contributed by atoms with van der Waals surface area (Å²) in [5.74, 6) is 0.363. The Labute approximate surface area is 122 Å². The molecule has 0 spiro atoms. The van der Waals surface area contributed by atoms with Crippen LogP contribution in [0.25, 0.3) is 0 Å². The Kier molecular flexibility index (Phi) is 3.45. The molecule has 1 atom stereocenters. The van der Waals surface area contributed by atoms with Gasteiger partial charge in [0, 0.05) is 17.5 Å². The van der Waals surface area contributed by atoms with Crippen LogP contribution in [0.5, 0.6) is 0 Å². The molecule has 1 aromatic carbocycles. The maximum absolute atomic E-state index is 13.0. The zero-order valence-corrected chi connectivity index (χ0v) is 12.8. The number of benzene rings is 1. The highest BCUT2D eigenvalue weighted by Gasteiger charge is 2.47. The van der Waals surface area contributed by atoms with Crippen molar-refractivity contribution in [1.29, 1.82) is 0 Å². The lowest BCUT2D eigenvalue weighted by Crippen LogP contribution is -2.42. The van der Waals surface area contributed by atoms with Gasteiger partial charge in [0.25, 0.3) is 0 Å². The van der Waals surface area contributed by atoms with E-state index >= 15 is 0 Å². The highest BCUT2D eigenvalue weighted by atomic mass is 16.1. The quantitative estimate of drug-likeness (QED) is 0.829. The molecule has 2 fully saturated rings. The van der Waals surface area contributed by atoms with Crippen molar-refractivity contribution in [3.05, 3.63) is 35.9 Å². The van der Waals surface area contributed by atoms with Crippen LogP contribution in [0, 0.1) is 5.41 Å². The Bertz CT molecular complexity index is 468. The van der Waals surface area contributed by atoms with Crippen LogP contribution in [-0.4, -0.2) is 22.8 Å². The molecule has 2 aliphatic heterocycles. The van der Waals surface area contributed by atoms with E-state index in [1.165, 1.54) is 31.2 Å². The van der Waals surface area contributed by atoms with Gasteiger partial charge >= 0.3 is 0 Å². The number of ketones is 1. The molecular formula is C18H25NO. The molecule has 2 aliphatic rings. The van der Waals surface area contributed by atoms with Crippen molar-refractivity contribution >= 4 is 5.78 Å². The summed E-state index contributed by atoms with van der Waals surface area (Å²) in [6, 6.07) is 11.6. The van der Waals surface area contributed by atoms with E-state index in [1.54, 1.807) is 0 Å². The molecule has 0 aromatic heterocycles. The van der Waals surface area contributed by atoms with E-state index in [9.17, 15) is 4.79 Å². The third-order valence-electron chi connectivity index (χ3n) is 4.91. The van der Waals surface area contributed by atoms with E-state index in [2.05, 4.69) is 29.2 Å². The number of hydrogen-bond donors (Lipinski definition) is 0. The molecule has 0 radical (unpaired) electrons. The van der Waals surface area contributed by atoms with Crippen molar-refractivity contribution in [1.82, 2.24) is 4.90 Å². The molecule has 2 heterocycles. The second-order valence-electron chi connectivity index (χ2n) is 7.34. The van der Waals surface area contributed by atoms with Crippen molar-refractivity contribution in [3.63, 3.8) is 0 Å². The predicted octanol–water partition coefficient (Wildman–Crippen LogP) is 3.97. The average molecular weight is 271 g/mol. The molecule has 0 aliphatic carbocycles. The molecular weight excluding hydrogens is 246 g/mol. The third kappa shape index (κ3) is 2.31. The maximum atomic E-state index is 13.0. The van der Waals surface area contributed by atoms with E-state index in [0.29, 0.717) is 17.9 Å². The van der Waals surface area contributed by atoms with Gasteiger partial charge in [-0.1, -0.05) is 51.1 Å². The lowest BCUT2D eigenvalue weighted by atomic mass is 9.83. The van der Waals surface area contributed by atoms with E-state index < -0.39 is 0 Å². The van der Waals surface area contributed by atoms with E-state index in [-0.39, 0.29) is 11.5 Å². The number of carbonyl (C=O) groups excluding carboxylic acids is 1. The minimum atomic E-state index is -0.289. The zero-order valence-electron chi connectivity index (χ0n) is 12.8. The molecule has 2 saturated heterocycles. The van der Waals surface area contributed by atoms with Crippen molar-refractivity contribution in [2.75, 3.05) is 0 Å². The number of nitrogens with zero attached hydrogens (tertiary/aromatic N) is 1. The smallest absolute Gasteiger partial charge is 0.159 e. The fraction of sp³-hybridized carbons (Fsp3) is 0.611. The summed E-state index contributed by atoms with van der Waals surface area (Å²) in [7, 11) is 0. The number of hydrogen-bond acceptors (Lipinski definition) is 2. The van der Waals surface area contributed by atoms with Crippen LogP contribution in [0.4, 0.5) is 0 Å². The Hall–Kier alpha value is -1.15. The van der Waals surface area contributed by atoms with E-state index in [1.807, 2.05) is 26.8 Å². The lowest BCUT2D eigenvalue weighted by molar-refractivity contribution is -0.132. The molecule has 3 rings (SSSR count). The molecule has 0 amide bonds. The van der Waals surface area contributed by atoms with Gasteiger partial charge in [-0.05, 0) is 31.2 Å². The molecule has 0 saturated carbocycles. The number of fused-ring (bicyclic) bond motifs is 2. The largest absolute Gasteiger partial charge is 0.297 e. The molecule has 2 heteroatoms. The monoisotopic (exact) mass is 271 g/mol. The van der Waals surface area contributed by atoms with Gasteiger partial charge in [-0.25, -0.2) is 0 Å². The van der Waals surface area contributed by atoms with Gasteiger partial charge in [-0.3, -0.25) is 9.69 Å². The predicted molar refractivity (Wildman–Crippen MR) is 81.5 cm³/mol. The lowest BCUT2D eigenvalue weighted by Gasteiger charge is -2.35. The highest BCUT2D eigenvalue weighted by molar-refractivity contribution is 5.90. The summed E-state index contributed by atoms with van der Waals surface area (Å²) in [4.78, 5) is 15.6. The van der Waals surface area contributed by atoms with Crippen LogP contribution in [0.1, 0.15) is 58.1 Å². The summed E-state index contributed by atoms with van der Waals surface area (Å²) in [5.41, 5.74) is 0.883. The van der Waals surface area contributed by atoms with Gasteiger partial charge in [0.1, 0.15) is 0 Å². The highest BCUT2D eigenvalue weighted by Crippen LogP contribution is 2.45. The average Bonchev–Trinajstić information content (AvgIpc) is 3.00. The first-order chi connectivity index (χ1) is 9.48. The first-order valence-electron chi connectivity index (χ1n) is 7.85. The van der Waals surface area contributed by atoms with Gasteiger partial charge < -0.3 is 0 Å². The summed E-state index contributed by atoms with van der Waals surface area (Å²) < 4.78 is 0. The van der Waals surface area contributed by atoms with Gasteiger partial charge in [0.15, 0.2) is 5.78 Å². The molecule has 2 bridgehead atoms. The van der Waals surface area contributed by atoms with Crippen LogP contribution in [0.3, 0.4) is 0 Å². The van der Waals surface area contributed by atoms with Gasteiger partial charge in [-0.15, -0.1) is 0 Å². The third-order valence-corrected chi connectivity index (χ3v) is 4.91. The minimum Gasteiger partial charge on any atom is -0.297 e. The normalized spacial score (nSPS) is 27.8. The molecule has 1 aromatic rings. The van der Waals surface area contributed by atoms with E-state index in [4.69, 9.17) is 0 Å². The fourth-order valence-electron chi connectivity index (χ4n) is 3.88. The summed E-state index contributed by atoms with van der Waals surface area (Å²) in [6.07, 6.45) is 5.08. The van der Waals surface area contributed by atoms with Crippen molar-refractivity contribution < 1.29 is 4.79 Å². The Morgan fingerprint density at radius 2 is 1.55 bits per heavy atom. The molecule has 0 N–H and O–H groups in total. The van der Waals surface area contributed by atoms with Crippen LogP contribution in [-0.2, 0) is 4.79 Å². The van der Waals surface area contributed by atoms with Crippen LogP contribution in [0.2, 0.25) is 0 Å². The molecule has 0 unspecified atom stereocenters. The molecule has 108 valence electrons. The van der Waals surface area contributed by atoms with Crippen LogP contribution >= 0.6 is 0 Å². The Morgan fingerprint density at radius 1 is 1.05 bits per heavy atom. The van der Waals surface area contributed by atoms with Gasteiger partial charge in [0.2, 0.25) is 0 Å². The van der Waals surface area contributed by atoms with Crippen molar-refractivity contribution in [3.8, 4) is 0 Å². The first kappa shape index (κ1) is 13.8. The second-order valence-corrected chi connectivity index (χ2v) is 7.34. The fourth-order valence-corrected chi connectivity index (χ4v) is 3.88. The van der Waals surface area contributed by atoms with Crippen molar-refractivity contribution in [2.24, 2.45) is 5.41 Å². The van der Waals surface area contributed by atoms with E-state index in [0.717, 1.165) is 0 Å². The maximum Gasteiger partial charge on any atom is 0.159 e. The summed E-state index contributed by atoms with van der Waals surface area (Å²) >= 11 is 0. The minimum absolute atomic E-state index is 0.0452. The standard InChI is InChI=1S/C18H25NO/c1-18(2,3)17(20)16(13-7-5-4-6-8-13)19-14-9-10-15(19)12-11-14/h4-8,14-16H,9-12H2,1-3H3/t14?,15?,16-/m0/s1. The Morgan fingerprint density at radius 3 is 2.00 bits per heavy atom. The molecule has 20 heavy (non-hydrogen) atoms. The number of carbonyl (C=O) groups is 1. The topological polar surface area (TPSA) is 20.3 Å². The second kappa shape index (κ2) is 5.00. The first-order valence-corrected chi connectivity index (χ1v) is 7.85. The van der Waals surface area contributed by atoms with Crippen molar-refractivity contribution in [2.45, 2.75) is 64.6 Å². The Balaban J connectivity index is 1.98. The number of rotatable bonds is 3.